The Morgan fingerprint density at radius 1 is 1.31 bits per heavy atom. The third kappa shape index (κ3) is 5.21. The molecule has 0 radical (unpaired) electrons. The maximum absolute atomic E-state index is 10.7. The molecule has 0 aliphatic rings. The zero-order valence-corrected chi connectivity index (χ0v) is 15.8. The van der Waals surface area contributed by atoms with Gasteiger partial charge in [-0.2, -0.15) is 0 Å². The van der Waals surface area contributed by atoms with Gasteiger partial charge in [0.05, 0.1) is 39.4 Å². The Kier molecular flexibility index (Phi) is 7.00. The first-order chi connectivity index (χ1) is 12.4. The number of nitrogens with one attached hydrogen (secondary N) is 2. The topological polar surface area (TPSA) is 92.9 Å². The van der Waals surface area contributed by atoms with Crippen LogP contribution in [-0.2, 0) is 4.79 Å². The van der Waals surface area contributed by atoms with Crippen LogP contribution < -0.4 is 16.4 Å². The van der Waals surface area contributed by atoms with Crippen LogP contribution in [0.2, 0.25) is 10.0 Å². The van der Waals surface area contributed by atoms with Gasteiger partial charge in [-0.3, -0.25) is 9.78 Å². The van der Waals surface area contributed by atoms with Crippen molar-refractivity contribution < 1.29 is 4.79 Å². The van der Waals surface area contributed by atoms with Crippen LogP contribution in [0.25, 0.3) is 6.08 Å². The van der Waals surface area contributed by atoms with Gasteiger partial charge in [-0.25, -0.2) is 4.98 Å². The number of halogens is 2. The second-order valence-electron chi connectivity index (χ2n) is 5.52. The molecular weight excluding hydrogens is 373 g/mol. The standard InChI is InChI=1S/C18H19Cl2N5O/c1-11-8-22-9-16(24-11)25-15(18(21)12(2)23-10-26)7-6-13-4-3-5-14(19)17(13)20/h3-10,12H,21H2,1-2H3,(H,23,26)(H,24,25)/b7-6-,18-15-. The second kappa shape index (κ2) is 9.22. The highest BCUT2D eigenvalue weighted by atomic mass is 35.5. The van der Waals surface area contributed by atoms with Crippen LogP contribution in [0.5, 0.6) is 0 Å². The van der Waals surface area contributed by atoms with Crippen molar-refractivity contribution in [1.82, 2.24) is 15.3 Å². The third-order valence-corrected chi connectivity index (χ3v) is 4.36. The fourth-order valence-electron chi connectivity index (χ4n) is 2.12. The van der Waals surface area contributed by atoms with Crippen molar-refractivity contribution in [2.24, 2.45) is 5.73 Å². The van der Waals surface area contributed by atoms with E-state index in [0.717, 1.165) is 11.3 Å². The first kappa shape index (κ1) is 19.8. The van der Waals surface area contributed by atoms with Crippen molar-refractivity contribution in [2.45, 2.75) is 19.9 Å². The number of amides is 1. The second-order valence-corrected chi connectivity index (χ2v) is 6.31. The highest BCUT2D eigenvalue weighted by molar-refractivity contribution is 6.42. The minimum absolute atomic E-state index is 0.382. The van der Waals surface area contributed by atoms with Crippen molar-refractivity contribution in [3.05, 3.63) is 69.4 Å². The number of hydrogen-bond donors (Lipinski definition) is 3. The van der Waals surface area contributed by atoms with Gasteiger partial charge in [0.1, 0.15) is 5.82 Å². The fraction of sp³-hybridized carbons (Fsp3) is 0.167. The van der Waals surface area contributed by atoms with Crippen molar-refractivity contribution in [1.29, 1.82) is 0 Å². The lowest BCUT2D eigenvalue weighted by Crippen LogP contribution is -2.32. The van der Waals surface area contributed by atoms with E-state index in [1.807, 2.05) is 13.0 Å². The fourth-order valence-corrected chi connectivity index (χ4v) is 2.49. The lowest BCUT2D eigenvalue weighted by Gasteiger charge is -2.16. The molecule has 4 N–H and O–H groups in total. The van der Waals surface area contributed by atoms with Crippen LogP contribution in [0, 0.1) is 6.92 Å². The Labute approximate surface area is 162 Å². The van der Waals surface area contributed by atoms with Gasteiger partial charge in [-0.15, -0.1) is 0 Å². The predicted octanol–water partition coefficient (Wildman–Crippen LogP) is 3.52. The SMILES string of the molecule is Cc1cncc(NC(/C=C\c2cccc(Cl)c2Cl)=C(\N)C(C)NC=O)n1. The molecule has 1 aromatic carbocycles. The molecule has 2 aromatic rings. The number of aromatic nitrogens is 2. The normalized spacial score (nSPS) is 13.2. The summed E-state index contributed by atoms with van der Waals surface area (Å²) in [6, 6.07) is 4.96. The Morgan fingerprint density at radius 3 is 2.77 bits per heavy atom. The molecule has 0 bridgehead atoms. The molecule has 0 saturated heterocycles. The summed E-state index contributed by atoms with van der Waals surface area (Å²) in [6.07, 6.45) is 7.35. The maximum atomic E-state index is 10.7. The van der Waals surface area contributed by atoms with Crippen molar-refractivity contribution >= 4 is 41.5 Å². The number of rotatable bonds is 7. The van der Waals surface area contributed by atoms with Gasteiger partial charge >= 0.3 is 0 Å². The molecule has 1 aromatic heterocycles. The highest BCUT2D eigenvalue weighted by Crippen LogP contribution is 2.27. The molecule has 1 unspecified atom stereocenters. The van der Waals surface area contributed by atoms with E-state index < -0.39 is 0 Å². The molecule has 0 fully saturated rings. The van der Waals surface area contributed by atoms with Crippen molar-refractivity contribution in [2.75, 3.05) is 5.32 Å². The highest BCUT2D eigenvalue weighted by Gasteiger charge is 2.10. The molecule has 2 rings (SSSR count). The quantitative estimate of drug-likeness (QED) is 0.495. The number of anilines is 1. The number of allylic oxidation sites excluding steroid dienone is 1. The first-order valence-electron chi connectivity index (χ1n) is 7.79. The predicted molar refractivity (Wildman–Crippen MR) is 106 cm³/mol. The van der Waals surface area contributed by atoms with E-state index >= 15 is 0 Å². The summed E-state index contributed by atoms with van der Waals surface area (Å²) in [6.45, 7) is 3.61. The summed E-state index contributed by atoms with van der Waals surface area (Å²) >= 11 is 12.3. The maximum Gasteiger partial charge on any atom is 0.207 e. The smallest absolute Gasteiger partial charge is 0.207 e. The van der Waals surface area contributed by atoms with Gasteiger partial charge in [0.2, 0.25) is 6.41 Å². The molecule has 1 amide bonds. The molecule has 136 valence electrons. The minimum Gasteiger partial charge on any atom is -0.399 e. The molecular formula is C18H19Cl2N5O. The van der Waals surface area contributed by atoms with Gasteiger partial charge in [0, 0.05) is 6.20 Å². The Hall–Kier alpha value is -2.57. The zero-order chi connectivity index (χ0) is 19.1. The van der Waals surface area contributed by atoms with E-state index in [2.05, 4.69) is 20.6 Å². The summed E-state index contributed by atoms with van der Waals surface area (Å²) in [5, 5.41) is 6.65. The summed E-state index contributed by atoms with van der Waals surface area (Å²) in [4.78, 5) is 19.2. The monoisotopic (exact) mass is 391 g/mol. The number of nitrogens with zero attached hydrogens (tertiary/aromatic N) is 2. The number of hydrogen-bond acceptors (Lipinski definition) is 5. The number of aryl methyl sites for hydroxylation is 1. The summed E-state index contributed by atoms with van der Waals surface area (Å²) in [5.74, 6) is 0.531. The number of nitrogens with two attached hydrogens (primary N) is 1. The van der Waals surface area contributed by atoms with Crippen LogP contribution >= 0.6 is 23.2 Å². The average Bonchev–Trinajstić information content (AvgIpc) is 2.61. The van der Waals surface area contributed by atoms with Crippen molar-refractivity contribution in [3.63, 3.8) is 0 Å². The number of carbonyl (C=O) groups excluding carboxylic acids is 1. The summed E-state index contributed by atoms with van der Waals surface area (Å²) in [5.41, 5.74) is 8.68. The van der Waals surface area contributed by atoms with Gasteiger partial charge in [0.15, 0.2) is 0 Å². The van der Waals surface area contributed by atoms with E-state index in [1.165, 1.54) is 0 Å². The van der Waals surface area contributed by atoms with Gasteiger partial charge in [0.25, 0.3) is 0 Å². The van der Waals surface area contributed by atoms with E-state index in [-0.39, 0.29) is 6.04 Å². The molecule has 1 heterocycles. The molecule has 8 heteroatoms. The molecule has 0 saturated carbocycles. The minimum atomic E-state index is -0.382. The Morgan fingerprint density at radius 2 is 2.08 bits per heavy atom. The molecule has 6 nitrogen and oxygen atoms in total. The largest absolute Gasteiger partial charge is 0.399 e. The van der Waals surface area contributed by atoms with Crippen LogP contribution in [0.15, 0.2) is 48.1 Å². The van der Waals surface area contributed by atoms with Gasteiger partial charge < -0.3 is 16.4 Å². The van der Waals surface area contributed by atoms with Crippen LogP contribution in [0.3, 0.4) is 0 Å². The molecule has 26 heavy (non-hydrogen) atoms. The van der Waals surface area contributed by atoms with E-state index in [1.54, 1.807) is 43.6 Å². The molecule has 0 aliphatic heterocycles. The zero-order valence-electron chi connectivity index (χ0n) is 14.3. The van der Waals surface area contributed by atoms with Crippen LogP contribution in [0.4, 0.5) is 5.82 Å². The number of carbonyl (C=O) groups is 1. The Balaban J connectivity index is 2.39. The first-order valence-corrected chi connectivity index (χ1v) is 8.55. The number of benzene rings is 1. The molecule has 1 atom stereocenters. The third-order valence-electron chi connectivity index (χ3n) is 3.52. The molecule has 0 aliphatic carbocycles. The van der Waals surface area contributed by atoms with Crippen LogP contribution in [0.1, 0.15) is 18.2 Å². The summed E-state index contributed by atoms with van der Waals surface area (Å²) < 4.78 is 0. The van der Waals surface area contributed by atoms with E-state index in [4.69, 9.17) is 28.9 Å². The lowest BCUT2D eigenvalue weighted by atomic mass is 10.1. The van der Waals surface area contributed by atoms with Crippen molar-refractivity contribution in [3.8, 4) is 0 Å². The van der Waals surface area contributed by atoms with E-state index in [0.29, 0.717) is 33.7 Å². The van der Waals surface area contributed by atoms with Gasteiger partial charge in [-0.1, -0.05) is 41.4 Å². The Bertz CT molecular complexity index is 851. The van der Waals surface area contributed by atoms with Gasteiger partial charge in [-0.05, 0) is 31.6 Å². The lowest BCUT2D eigenvalue weighted by molar-refractivity contribution is -0.109. The van der Waals surface area contributed by atoms with E-state index in [9.17, 15) is 4.79 Å². The van der Waals surface area contributed by atoms with Crippen LogP contribution in [-0.4, -0.2) is 22.4 Å². The average molecular weight is 392 g/mol. The summed E-state index contributed by atoms with van der Waals surface area (Å²) in [7, 11) is 0. The molecule has 0 spiro atoms.